The number of piperidine rings is 1. The summed E-state index contributed by atoms with van der Waals surface area (Å²) in [5.74, 6) is 1.10. The van der Waals surface area contributed by atoms with Gasteiger partial charge >= 0.3 is 0 Å². The Morgan fingerprint density at radius 3 is 2.56 bits per heavy atom. The number of fused-ring (bicyclic) bond motifs is 1. The number of nitrogens with one attached hydrogen (secondary N) is 1. The highest BCUT2D eigenvalue weighted by molar-refractivity contribution is 5.80. The second-order valence-electron chi connectivity index (χ2n) is 9.33. The van der Waals surface area contributed by atoms with Gasteiger partial charge in [-0.1, -0.05) is 54.1 Å². The van der Waals surface area contributed by atoms with Crippen molar-refractivity contribution >= 4 is 17.2 Å². The summed E-state index contributed by atoms with van der Waals surface area (Å²) in [4.78, 5) is 19.9. The molecular weight excluding hydrogens is 422 g/mol. The number of hydrogen-bond donors (Lipinski definition) is 1. The molecule has 6 nitrogen and oxygen atoms in total. The molecule has 2 aromatic carbocycles. The lowest BCUT2D eigenvalue weighted by atomic mass is 9.95. The molecule has 6 heteroatoms. The minimum Gasteiger partial charge on any atom is -0.355 e. The van der Waals surface area contributed by atoms with Crippen LogP contribution in [0.1, 0.15) is 42.5 Å². The van der Waals surface area contributed by atoms with Crippen LogP contribution < -0.4 is 10.2 Å². The lowest BCUT2D eigenvalue weighted by Gasteiger charge is -2.32. The van der Waals surface area contributed by atoms with Crippen LogP contribution in [0.4, 0.5) is 5.82 Å². The van der Waals surface area contributed by atoms with Crippen molar-refractivity contribution < 1.29 is 4.79 Å². The van der Waals surface area contributed by atoms with E-state index < -0.39 is 0 Å². The summed E-state index contributed by atoms with van der Waals surface area (Å²) in [7, 11) is 0. The SMILES string of the molecule is Cc1ccc(-c2cc3c(N4CCC(C(=O)NC(C)c5ccccc5)CC4)nccn3n2)c(C)c1. The van der Waals surface area contributed by atoms with Gasteiger partial charge in [0.2, 0.25) is 5.91 Å². The van der Waals surface area contributed by atoms with Crippen molar-refractivity contribution in [2.75, 3.05) is 18.0 Å². The summed E-state index contributed by atoms with van der Waals surface area (Å²) >= 11 is 0. The van der Waals surface area contributed by atoms with Gasteiger partial charge in [0.25, 0.3) is 0 Å². The molecule has 1 N–H and O–H groups in total. The molecule has 4 aromatic rings. The number of carbonyl (C=O) groups is 1. The van der Waals surface area contributed by atoms with E-state index in [1.54, 1.807) is 6.20 Å². The fourth-order valence-electron chi connectivity index (χ4n) is 4.89. The first-order valence-corrected chi connectivity index (χ1v) is 12.0. The number of nitrogens with zero attached hydrogens (tertiary/aromatic N) is 4. The largest absolute Gasteiger partial charge is 0.355 e. The number of benzene rings is 2. The summed E-state index contributed by atoms with van der Waals surface area (Å²) in [6, 6.07) is 18.7. The Morgan fingerprint density at radius 2 is 1.82 bits per heavy atom. The minimum absolute atomic E-state index is 0.0117. The van der Waals surface area contributed by atoms with Crippen LogP contribution in [0.15, 0.2) is 67.0 Å². The highest BCUT2D eigenvalue weighted by Gasteiger charge is 2.27. The first-order valence-electron chi connectivity index (χ1n) is 12.0. The molecule has 2 aromatic heterocycles. The van der Waals surface area contributed by atoms with Crippen molar-refractivity contribution in [3.63, 3.8) is 0 Å². The van der Waals surface area contributed by atoms with Crippen molar-refractivity contribution in [1.82, 2.24) is 19.9 Å². The molecule has 1 aliphatic heterocycles. The molecule has 0 bridgehead atoms. The Labute approximate surface area is 200 Å². The van der Waals surface area contributed by atoms with Gasteiger partial charge in [0, 0.05) is 37.0 Å². The molecule has 0 spiro atoms. The quantitative estimate of drug-likeness (QED) is 0.456. The van der Waals surface area contributed by atoms with E-state index in [1.165, 1.54) is 11.1 Å². The van der Waals surface area contributed by atoms with Crippen LogP contribution in [-0.4, -0.2) is 33.6 Å². The number of carbonyl (C=O) groups excluding carboxylic acids is 1. The molecule has 1 saturated heterocycles. The fraction of sp³-hybridized carbons (Fsp3) is 0.321. The predicted octanol–water partition coefficient (Wildman–Crippen LogP) is 5.11. The van der Waals surface area contributed by atoms with E-state index in [9.17, 15) is 4.79 Å². The lowest BCUT2D eigenvalue weighted by Crippen LogP contribution is -2.41. The fourth-order valence-corrected chi connectivity index (χ4v) is 4.89. The normalized spacial score (nSPS) is 15.4. The summed E-state index contributed by atoms with van der Waals surface area (Å²) in [6.45, 7) is 7.87. The number of anilines is 1. The minimum atomic E-state index is 0.0117. The molecule has 5 rings (SSSR count). The second kappa shape index (κ2) is 9.29. The molecule has 34 heavy (non-hydrogen) atoms. The number of rotatable bonds is 5. The van der Waals surface area contributed by atoms with E-state index in [1.807, 2.05) is 35.8 Å². The van der Waals surface area contributed by atoms with Gasteiger partial charge in [-0.3, -0.25) is 4.79 Å². The summed E-state index contributed by atoms with van der Waals surface area (Å²) < 4.78 is 1.91. The van der Waals surface area contributed by atoms with E-state index in [2.05, 4.69) is 60.5 Å². The zero-order chi connectivity index (χ0) is 23.7. The summed E-state index contributed by atoms with van der Waals surface area (Å²) in [6.07, 6.45) is 5.33. The summed E-state index contributed by atoms with van der Waals surface area (Å²) in [5.41, 5.74) is 6.69. The van der Waals surface area contributed by atoms with Gasteiger partial charge in [0.1, 0.15) is 5.52 Å². The molecule has 1 amide bonds. The highest BCUT2D eigenvalue weighted by Crippen LogP contribution is 2.30. The van der Waals surface area contributed by atoms with Crippen molar-refractivity contribution in [2.45, 2.75) is 39.7 Å². The van der Waals surface area contributed by atoms with Crippen LogP contribution in [0, 0.1) is 19.8 Å². The van der Waals surface area contributed by atoms with Crippen molar-refractivity contribution in [2.24, 2.45) is 5.92 Å². The Morgan fingerprint density at radius 1 is 1.06 bits per heavy atom. The molecule has 1 unspecified atom stereocenters. The van der Waals surface area contributed by atoms with Crippen molar-refractivity contribution in [3.8, 4) is 11.3 Å². The first-order chi connectivity index (χ1) is 16.5. The van der Waals surface area contributed by atoms with Crippen LogP contribution in [0.5, 0.6) is 0 Å². The third kappa shape index (κ3) is 4.40. The Bertz CT molecular complexity index is 1310. The molecule has 1 atom stereocenters. The topological polar surface area (TPSA) is 62.5 Å². The van der Waals surface area contributed by atoms with Gasteiger partial charge in [-0.25, -0.2) is 9.50 Å². The molecular formula is C28H31N5O. The van der Waals surface area contributed by atoms with E-state index in [4.69, 9.17) is 10.1 Å². The zero-order valence-electron chi connectivity index (χ0n) is 20.0. The van der Waals surface area contributed by atoms with Gasteiger partial charge < -0.3 is 10.2 Å². The molecule has 174 valence electrons. The molecule has 0 aliphatic carbocycles. The van der Waals surface area contributed by atoms with Gasteiger partial charge in [-0.05, 0) is 50.8 Å². The maximum atomic E-state index is 12.9. The molecule has 1 fully saturated rings. The molecule has 0 radical (unpaired) electrons. The molecule has 1 aliphatic rings. The van der Waals surface area contributed by atoms with Gasteiger partial charge in [0.15, 0.2) is 5.82 Å². The highest BCUT2D eigenvalue weighted by atomic mass is 16.1. The molecule has 3 heterocycles. The van der Waals surface area contributed by atoms with E-state index in [-0.39, 0.29) is 17.9 Å². The third-order valence-electron chi connectivity index (χ3n) is 6.85. The van der Waals surface area contributed by atoms with Gasteiger partial charge in [-0.15, -0.1) is 0 Å². The lowest BCUT2D eigenvalue weighted by molar-refractivity contribution is -0.126. The third-order valence-corrected chi connectivity index (χ3v) is 6.85. The number of aryl methyl sites for hydroxylation is 2. The average molecular weight is 454 g/mol. The maximum absolute atomic E-state index is 12.9. The second-order valence-corrected chi connectivity index (χ2v) is 9.33. The zero-order valence-corrected chi connectivity index (χ0v) is 20.0. The van der Waals surface area contributed by atoms with Crippen LogP contribution in [0.3, 0.4) is 0 Å². The van der Waals surface area contributed by atoms with Crippen molar-refractivity contribution in [1.29, 1.82) is 0 Å². The van der Waals surface area contributed by atoms with Gasteiger partial charge in [0.05, 0.1) is 11.7 Å². The van der Waals surface area contributed by atoms with Crippen molar-refractivity contribution in [3.05, 3.63) is 83.7 Å². The van der Waals surface area contributed by atoms with E-state index in [0.717, 1.165) is 54.1 Å². The monoisotopic (exact) mass is 453 g/mol. The number of aromatic nitrogens is 3. The van der Waals surface area contributed by atoms with Gasteiger partial charge in [-0.2, -0.15) is 5.10 Å². The molecule has 0 saturated carbocycles. The Hall–Kier alpha value is -3.67. The summed E-state index contributed by atoms with van der Waals surface area (Å²) in [5, 5.41) is 8.01. The van der Waals surface area contributed by atoms with Crippen LogP contribution in [0.2, 0.25) is 0 Å². The van der Waals surface area contributed by atoms with E-state index >= 15 is 0 Å². The number of hydrogen-bond acceptors (Lipinski definition) is 4. The van der Waals surface area contributed by atoms with E-state index in [0.29, 0.717) is 0 Å². The average Bonchev–Trinajstić information content (AvgIpc) is 3.28. The standard InChI is InChI=1S/C28H31N5O/c1-19-9-10-24(20(2)17-19)25-18-26-27(29-13-16-33(26)31-25)32-14-11-23(12-15-32)28(34)30-21(3)22-7-5-4-6-8-22/h4-10,13,16-18,21,23H,11-12,14-15H2,1-3H3,(H,30,34). The maximum Gasteiger partial charge on any atom is 0.223 e. The predicted molar refractivity (Wildman–Crippen MR) is 136 cm³/mol. The van der Waals surface area contributed by atoms with Crippen LogP contribution in [0.25, 0.3) is 16.8 Å². The van der Waals surface area contributed by atoms with Crippen LogP contribution in [-0.2, 0) is 4.79 Å². The smallest absolute Gasteiger partial charge is 0.223 e. The van der Waals surface area contributed by atoms with Crippen LogP contribution >= 0.6 is 0 Å². The Kier molecular flexibility index (Phi) is 6.05. The first kappa shape index (κ1) is 22.1. The number of amides is 1. The Balaban J connectivity index is 1.29.